The number of rotatable bonds is 7. The van der Waals surface area contributed by atoms with Crippen molar-refractivity contribution >= 4 is 11.6 Å². The van der Waals surface area contributed by atoms with Crippen molar-refractivity contribution in [2.45, 2.75) is 32.7 Å². The van der Waals surface area contributed by atoms with Crippen LogP contribution in [0.25, 0.3) is 0 Å². The fourth-order valence-electron chi connectivity index (χ4n) is 1.71. The lowest BCUT2D eigenvalue weighted by Crippen LogP contribution is -2.15. The van der Waals surface area contributed by atoms with Crippen LogP contribution in [0.15, 0.2) is 18.2 Å². The highest BCUT2D eigenvalue weighted by molar-refractivity contribution is 6.17. The molecule has 0 bridgehead atoms. The molecular formula is C14H22ClNO. The van der Waals surface area contributed by atoms with Crippen LogP contribution in [0.4, 0.5) is 0 Å². The van der Waals surface area contributed by atoms with Gasteiger partial charge in [0, 0.05) is 18.0 Å². The molecule has 1 rings (SSSR count). The molecule has 0 aliphatic heterocycles. The van der Waals surface area contributed by atoms with E-state index in [9.17, 15) is 0 Å². The summed E-state index contributed by atoms with van der Waals surface area (Å²) in [6, 6.07) is 6.40. The minimum absolute atomic E-state index is 0.544. The molecule has 0 unspecified atom stereocenters. The number of halogens is 1. The molecule has 17 heavy (non-hydrogen) atoms. The van der Waals surface area contributed by atoms with Crippen LogP contribution in [-0.4, -0.2) is 19.5 Å². The summed E-state index contributed by atoms with van der Waals surface area (Å²) in [5, 5.41) is 3.38. The van der Waals surface area contributed by atoms with Crippen LogP contribution < -0.4 is 10.1 Å². The molecule has 1 aromatic carbocycles. The highest BCUT2D eigenvalue weighted by Crippen LogP contribution is 2.23. The molecule has 3 heteroatoms. The summed E-state index contributed by atoms with van der Waals surface area (Å²) in [5.41, 5.74) is 2.56. The number of ether oxygens (including phenoxy) is 1. The number of benzene rings is 1. The summed E-state index contributed by atoms with van der Waals surface area (Å²) in [5.74, 6) is 2.20. The lowest BCUT2D eigenvalue weighted by Gasteiger charge is -2.13. The average molecular weight is 256 g/mol. The number of hydrogen-bond acceptors (Lipinski definition) is 2. The van der Waals surface area contributed by atoms with Crippen LogP contribution in [-0.2, 0) is 6.54 Å². The van der Waals surface area contributed by atoms with Crippen molar-refractivity contribution in [1.82, 2.24) is 5.32 Å². The summed E-state index contributed by atoms with van der Waals surface area (Å²) in [6.07, 6.45) is 0.994. The monoisotopic (exact) mass is 255 g/mol. The molecule has 0 amide bonds. The number of alkyl halides is 1. The highest BCUT2D eigenvalue weighted by Gasteiger charge is 2.06. The minimum Gasteiger partial charge on any atom is -0.496 e. The van der Waals surface area contributed by atoms with E-state index in [1.165, 1.54) is 11.1 Å². The molecule has 0 heterocycles. The fraction of sp³-hybridized carbons (Fsp3) is 0.571. The predicted molar refractivity (Wildman–Crippen MR) is 74.1 cm³/mol. The van der Waals surface area contributed by atoms with E-state index in [4.69, 9.17) is 16.3 Å². The third-order valence-electron chi connectivity index (χ3n) is 2.77. The van der Waals surface area contributed by atoms with Gasteiger partial charge >= 0.3 is 0 Å². The van der Waals surface area contributed by atoms with E-state index in [1.54, 1.807) is 7.11 Å². The number of nitrogens with one attached hydrogen (secondary N) is 1. The van der Waals surface area contributed by atoms with Crippen LogP contribution in [0.1, 0.15) is 37.3 Å². The molecule has 2 nitrogen and oxygen atoms in total. The first-order valence-electron chi connectivity index (χ1n) is 6.12. The Labute approximate surface area is 109 Å². The van der Waals surface area contributed by atoms with E-state index in [-0.39, 0.29) is 0 Å². The van der Waals surface area contributed by atoms with Crippen molar-refractivity contribution in [3.05, 3.63) is 29.3 Å². The van der Waals surface area contributed by atoms with E-state index in [0.29, 0.717) is 11.8 Å². The molecule has 0 aliphatic rings. The second-order valence-electron chi connectivity index (χ2n) is 4.45. The Morgan fingerprint density at radius 2 is 2.12 bits per heavy atom. The van der Waals surface area contributed by atoms with Gasteiger partial charge in [0.25, 0.3) is 0 Å². The fourth-order valence-corrected chi connectivity index (χ4v) is 1.84. The summed E-state index contributed by atoms with van der Waals surface area (Å²) < 4.78 is 5.37. The third-order valence-corrected chi connectivity index (χ3v) is 3.04. The molecule has 0 aromatic heterocycles. The summed E-state index contributed by atoms with van der Waals surface area (Å²) >= 11 is 5.64. The number of hydrogen-bond donors (Lipinski definition) is 1. The highest BCUT2D eigenvalue weighted by atomic mass is 35.5. The van der Waals surface area contributed by atoms with Gasteiger partial charge in [-0.2, -0.15) is 0 Å². The molecule has 0 saturated carbocycles. The van der Waals surface area contributed by atoms with Gasteiger partial charge in [0.15, 0.2) is 0 Å². The second kappa shape index (κ2) is 7.57. The van der Waals surface area contributed by atoms with Crippen LogP contribution >= 0.6 is 11.6 Å². The molecule has 0 fully saturated rings. The zero-order valence-electron chi connectivity index (χ0n) is 10.9. The first-order valence-corrected chi connectivity index (χ1v) is 6.66. The quantitative estimate of drug-likeness (QED) is 0.594. The van der Waals surface area contributed by atoms with Crippen molar-refractivity contribution in [3.63, 3.8) is 0 Å². The largest absolute Gasteiger partial charge is 0.496 e. The maximum atomic E-state index is 5.64. The summed E-state index contributed by atoms with van der Waals surface area (Å²) in [4.78, 5) is 0. The topological polar surface area (TPSA) is 21.3 Å². The molecule has 0 radical (unpaired) electrons. The normalized spacial score (nSPS) is 10.9. The van der Waals surface area contributed by atoms with Gasteiger partial charge in [-0.3, -0.25) is 0 Å². The van der Waals surface area contributed by atoms with E-state index < -0.39 is 0 Å². The van der Waals surface area contributed by atoms with Crippen LogP contribution in [0.3, 0.4) is 0 Å². The summed E-state index contributed by atoms with van der Waals surface area (Å²) in [6.45, 7) is 6.18. The van der Waals surface area contributed by atoms with Gasteiger partial charge in [0.1, 0.15) is 5.75 Å². The maximum absolute atomic E-state index is 5.64. The van der Waals surface area contributed by atoms with E-state index in [0.717, 1.165) is 25.3 Å². The molecular weight excluding hydrogens is 234 g/mol. The predicted octanol–water partition coefficient (Wildman–Crippen LogP) is 3.54. The Hall–Kier alpha value is -0.730. The van der Waals surface area contributed by atoms with Gasteiger partial charge in [0.2, 0.25) is 0 Å². The molecule has 96 valence electrons. The first kappa shape index (κ1) is 14.3. The van der Waals surface area contributed by atoms with Gasteiger partial charge in [0.05, 0.1) is 7.11 Å². The summed E-state index contributed by atoms with van der Waals surface area (Å²) in [7, 11) is 1.71. The standard InChI is InChI=1S/C14H22ClNO/c1-11(2)12-5-6-14(17-3)13(9-12)10-16-8-4-7-15/h5-6,9,11,16H,4,7-8,10H2,1-3H3. The molecule has 0 atom stereocenters. The molecule has 0 saturated heterocycles. The Bertz CT molecular complexity index is 339. The molecule has 1 aromatic rings. The van der Waals surface area contributed by atoms with Crippen LogP contribution in [0, 0.1) is 0 Å². The second-order valence-corrected chi connectivity index (χ2v) is 4.82. The molecule has 1 N–H and O–H groups in total. The van der Waals surface area contributed by atoms with Crippen LogP contribution in [0.2, 0.25) is 0 Å². The Morgan fingerprint density at radius 1 is 1.35 bits per heavy atom. The average Bonchev–Trinajstić information content (AvgIpc) is 2.34. The third kappa shape index (κ3) is 4.57. The van der Waals surface area contributed by atoms with Gasteiger partial charge in [-0.1, -0.05) is 26.0 Å². The minimum atomic E-state index is 0.544. The van der Waals surface area contributed by atoms with Gasteiger partial charge in [-0.15, -0.1) is 11.6 Å². The van der Waals surface area contributed by atoms with Crippen molar-refractivity contribution in [2.24, 2.45) is 0 Å². The number of methoxy groups -OCH3 is 1. The smallest absolute Gasteiger partial charge is 0.123 e. The Kier molecular flexibility index (Phi) is 6.38. The van der Waals surface area contributed by atoms with Gasteiger partial charge in [-0.25, -0.2) is 0 Å². The van der Waals surface area contributed by atoms with Crippen molar-refractivity contribution in [2.75, 3.05) is 19.5 Å². The lowest BCUT2D eigenvalue weighted by molar-refractivity contribution is 0.407. The van der Waals surface area contributed by atoms with E-state index in [1.807, 2.05) is 6.07 Å². The lowest BCUT2D eigenvalue weighted by atomic mass is 10.0. The zero-order valence-corrected chi connectivity index (χ0v) is 11.7. The zero-order chi connectivity index (χ0) is 12.7. The van der Waals surface area contributed by atoms with E-state index >= 15 is 0 Å². The van der Waals surface area contributed by atoms with Crippen molar-refractivity contribution in [3.8, 4) is 5.75 Å². The Balaban J connectivity index is 2.69. The van der Waals surface area contributed by atoms with Crippen molar-refractivity contribution in [1.29, 1.82) is 0 Å². The van der Waals surface area contributed by atoms with Gasteiger partial charge in [-0.05, 0) is 30.5 Å². The first-order chi connectivity index (χ1) is 8.19. The molecule has 0 spiro atoms. The molecule has 0 aliphatic carbocycles. The van der Waals surface area contributed by atoms with Crippen molar-refractivity contribution < 1.29 is 4.74 Å². The van der Waals surface area contributed by atoms with Gasteiger partial charge < -0.3 is 10.1 Å². The van der Waals surface area contributed by atoms with E-state index in [2.05, 4.69) is 31.3 Å². The maximum Gasteiger partial charge on any atom is 0.123 e. The SMILES string of the molecule is COc1ccc(C(C)C)cc1CNCCCCl. The van der Waals surface area contributed by atoms with Crippen LogP contribution in [0.5, 0.6) is 5.75 Å². The Morgan fingerprint density at radius 3 is 2.71 bits per heavy atom.